The first-order valence-corrected chi connectivity index (χ1v) is 11.9. The molecule has 0 aliphatic rings. The zero-order chi connectivity index (χ0) is 24.5. The van der Waals surface area contributed by atoms with Gasteiger partial charge >= 0.3 is 5.82 Å². The highest BCUT2D eigenvalue weighted by molar-refractivity contribution is 7.16. The summed E-state index contributed by atoms with van der Waals surface area (Å²) < 4.78 is 1.12. The molecule has 0 amide bonds. The number of aryl methyl sites for hydroxylation is 2. The number of hydrogen-bond acceptors (Lipinski definition) is 8. The van der Waals surface area contributed by atoms with Crippen LogP contribution in [0.25, 0.3) is 32.6 Å². The topological polar surface area (TPSA) is 107 Å². The fraction of sp³-hybridized carbons (Fsp3) is 0.154. The van der Waals surface area contributed by atoms with Crippen molar-refractivity contribution in [3.8, 4) is 22.4 Å². The van der Waals surface area contributed by atoms with Crippen LogP contribution in [0.5, 0.6) is 0 Å². The molecule has 0 spiro atoms. The van der Waals surface area contributed by atoms with Crippen molar-refractivity contribution >= 4 is 33.2 Å². The summed E-state index contributed by atoms with van der Waals surface area (Å²) in [7, 11) is 0. The largest absolute Gasteiger partial charge is 0.366 e. The summed E-state index contributed by atoms with van der Waals surface area (Å²) in [5, 5.41) is 14.6. The van der Waals surface area contributed by atoms with Gasteiger partial charge in [0.15, 0.2) is 0 Å². The highest BCUT2D eigenvalue weighted by Gasteiger charge is 2.15. The molecule has 0 saturated heterocycles. The van der Waals surface area contributed by atoms with E-state index in [2.05, 4.69) is 44.3 Å². The molecule has 174 valence electrons. The normalized spacial score (nSPS) is 12.0. The SMILES string of the molecule is Cc1nc(N[C@@H](C)c2cccc(-c3cnc([N+](=O)[O-])c(C)c3)c2)cc(-c2ccc3ncsc3c2)n1. The number of thiazole rings is 1. The molecule has 5 aromatic rings. The first kappa shape index (κ1) is 22.5. The van der Waals surface area contributed by atoms with Crippen LogP contribution in [-0.4, -0.2) is 24.9 Å². The Morgan fingerprint density at radius 2 is 1.83 bits per heavy atom. The number of rotatable bonds is 6. The zero-order valence-electron chi connectivity index (χ0n) is 19.4. The van der Waals surface area contributed by atoms with E-state index in [0.29, 0.717) is 11.4 Å². The molecule has 0 unspecified atom stereocenters. The molecule has 0 bridgehead atoms. The molecule has 1 atom stereocenters. The molecule has 9 heteroatoms. The Kier molecular flexibility index (Phi) is 5.92. The van der Waals surface area contributed by atoms with Crippen LogP contribution in [0.3, 0.4) is 0 Å². The first-order valence-electron chi connectivity index (χ1n) is 11.0. The van der Waals surface area contributed by atoms with Crippen molar-refractivity contribution in [2.75, 3.05) is 5.32 Å². The van der Waals surface area contributed by atoms with E-state index in [0.717, 1.165) is 44.0 Å². The predicted octanol–water partition coefficient (Wildman–Crippen LogP) is 6.51. The molecule has 0 aliphatic heterocycles. The lowest BCUT2D eigenvalue weighted by molar-refractivity contribution is -0.390. The number of aromatic nitrogens is 4. The van der Waals surface area contributed by atoms with E-state index in [1.54, 1.807) is 30.5 Å². The van der Waals surface area contributed by atoms with Gasteiger partial charge in [-0.1, -0.05) is 24.3 Å². The molecule has 0 aliphatic carbocycles. The third kappa shape index (κ3) is 4.71. The van der Waals surface area contributed by atoms with Crippen LogP contribution >= 0.6 is 11.3 Å². The van der Waals surface area contributed by atoms with Crippen LogP contribution in [0.15, 0.2) is 66.3 Å². The molecule has 0 radical (unpaired) electrons. The lowest BCUT2D eigenvalue weighted by atomic mass is 10.0. The Labute approximate surface area is 205 Å². The van der Waals surface area contributed by atoms with Gasteiger partial charge in [-0.3, -0.25) is 0 Å². The molecular weight excluding hydrogens is 460 g/mol. The number of pyridine rings is 1. The van der Waals surface area contributed by atoms with Crippen LogP contribution in [-0.2, 0) is 0 Å². The minimum absolute atomic E-state index is 0.0341. The zero-order valence-corrected chi connectivity index (χ0v) is 20.2. The highest BCUT2D eigenvalue weighted by atomic mass is 32.1. The van der Waals surface area contributed by atoms with Crippen molar-refractivity contribution in [1.29, 1.82) is 0 Å². The van der Waals surface area contributed by atoms with E-state index in [1.807, 2.05) is 48.8 Å². The smallest absolute Gasteiger partial charge is 0.363 e. The molecule has 3 aromatic heterocycles. The Morgan fingerprint density at radius 1 is 0.971 bits per heavy atom. The van der Waals surface area contributed by atoms with Crippen molar-refractivity contribution in [1.82, 2.24) is 19.9 Å². The molecule has 5 rings (SSSR count). The van der Waals surface area contributed by atoms with Crippen LogP contribution in [0.1, 0.15) is 29.9 Å². The summed E-state index contributed by atoms with van der Waals surface area (Å²) in [6, 6.07) is 17.9. The Morgan fingerprint density at radius 3 is 2.63 bits per heavy atom. The number of fused-ring (bicyclic) bond motifs is 1. The molecule has 0 fully saturated rings. The number of anilines is 1. The van der Waals surface area contributed by atoms with Crippen LogP contribution in [0.4, 0.5) is 11.6 Å². The maximum atomic E-state index is 11.1. The molecule has 8 nitrogen and oxygen atoms in total. The summed E-state index contributed by atoms with van der Waals surface area (Å²) >= 11 is 1.61. The summed E-state index contributed by atoms with van der Waals surface area (Å²) in [5.74, 6) is 1.30. The van der Waals surface area contributed by atoms with E-state index in [-0.39, 0.29) is 11.9 Å². The molecular formula is C26H22N6O2S. The number of hydrogen-bond donors (Lipinski definition) is 1. The van der Waals surface area contributed by atoms with Gasteiger partial charge in [0.2, 0.25) is 0 Å². The van der Waals surface area contributed by atoms with Crippen molar-refractivity contribution in [3.63, 3.8) is 0 Å². The Balaban J connectivity index is 1.40. The predicted molar refractivity (Wildman–Crippen MR) is 138 cm³/mol. The second-order valence-corrected chi connectivity index (χ2v) is 9.22. The highest BCUT2D eigenvalue weighted by Crippen LogP contribution is 2.29. The second-order valence-electron chi connectivity index (χ2n) is 8.33. The fourth-order valence-electron chi connectivity index (χ4n) is 4.01. The minimum Gasteiger partial charge on any atom is -0.363 e. The number of nitro groups is 1. The third-order valence-electron chi connectivity index (χ3n) is 5.77. The lowest BCUT2D eigenvalue weighted by Crippen LogP contribution is -2.09. The average molecular weight is 483 g/mol. The minimum atomic E-state index is -0.463. The van der Waals surface area contributed by atoms with Crippen molar-refractivity contribution < 1.29 is 4.92 Å². The second kappa shape index (κ2) is 9.19. The Bertz CT molecular complexity index is 1570. The van der Waals surface area contributed by atoms with E-state index in [4.69, 9.17) is 0 Å². The Hall–Kier alpha value is -4.24. The fourth-order valence-corrected chi connectivity index (χ4v) is 4.73. The quantitative estimate of drug-likeness (QED) is 0.217. The van der Waals surface area contributed by atoms with Gasteiger partial charge in [-0.2, -0.15) is 0 Å². The van der Waals surface area contributed by atoms with Crippen molar-refractivity contribution in [3.05, 3.63) is 93.4 Å². The summed E-state index contributed by atoms with van der Waals surface area (Å²) in [4.78, 5) is 28.2. The molecule has 1 N–H and O–H groups in total. The number of nitrogens with one attached hydrogen (secondary N) is 1. The van der Waals surface area contributed by atoms with E-state index >= 15 is 0 Å². The van der Waals surface area contributed by atoms with Crippen LogP contribution in [0, 0.1) is 24.0 Å². The number of nitrogens with zero attached hydrogens (tertiary/aromatic N) is 5. The van der Waals surface area contributed by atoms with E-state index in [9.17, 15) is 10.1 Å². The van der Waals surface area contributed by atoms with Gasteiger partial charge < -0.3 is 15.4 Å². The van der Waals surface area contributed by atoms with Gasteiger partial charge in [0.25, 0.3) is 0 Å². The first-order chi connectivity index (χ1) is 16.9. The van der Waals surface area contributed by atoms with Gasteiger partial charge in [0.1, 0.15) is 17.8 Å². The van der Waals surface area contributed by atoms with Gasteiger partial charge in [0.05, 0.1) is 21.4 Å². The summed E-state index contributed by atoms with van der Waals surface area (Å²) in [6.45, 7) is 5.65. The van der Waals surface area contributed by atoms with Gasteiger partial charge in [-0.25, -0.2) is 15.0 Å². The molecule has 0 saturated carbocycles. The van der Waals surface area contributed by atoms with E-state index < -0.39 is 4.92 Å². The number of benzene rings is 2. The average Bonchev–Trinajstić information content (AvgIpc) is 3.31. The molecule has 2 aromatic carbocycles. The van der Waals surface area contributed by atoms with Gasteiger partial charge in [-0.05, 0) is 66.1 Å². The van der Waals surface area contributed by atoms with Crippen LogP contribution < -0.4 is 5.32 Å². The van der Waals surface area contributed by atoms with Gasteiger partial charge in [0, 0.05) is 28.8 Å². The maximum Gasteiger partial charge on any atom is 0.366 e. The van der Waals surface area contributed by atoms with Gasteiger partial charge in [-0.15, -0.1) is 11.3 Å². The monoisotopic (exact) mass is 482 g/mol. The van der Waals surface area contributed by atoms with Crippen LogP contribution in [0.2, 0.25) is 0 Å². The standard InChI is InChI=1S/C26H22N6O2S/c1-15-9-21(13-27-26(15)32(33)34)19-6-4-5-18(10-19)16(2)29-25-12-23(30-17(3)31-25)20-7-8-22-24(11-20)35-14-28-22/h4-14,16H,1-3H3,(H,29,30,31)/t16-/m0/s1. The molecule has 35 heavy (non-hydrogen) atoms. The summed E-state index contributed by atoms with van der Waals surface area (Å²) in [5.41, 5.74) is 8.06. The maximum absolute atomic E-state index is 11.1. The third-order valence-corrected chi connectivity index (χ3v) is 6.56. The summed E-state index contributed by atoms with van der Waals surface area (Å²) in [6.07, 6.45) is 1.54. The van der Waals surface area contributed by atoms with Crippen molar-refractivity contribution in [2.24, 2.45) is 0 Å². The van der Waals surface area contributed by atoms with Crippen molar-refractivity contribution in [2.45, 2.75) is 26.8 Å². The van der Waals surface area contributed by atoms with E-state index in [1.165, 1.54) is 0 Å². The molecule has 3 heterocycles. The lowest BCUT2D eigenvalue weighted by Gasteiger charge is -2.17.